The van der Waals surface area contributed by atoms with Crippen molar-refractivity contribution in [1.82, 2.24) is 4.90 Å². The van der Waals surface area contributed by atoms with E-state index in [0.29, 0.717) is 13.0 Å². The Morgan fingerprint density at radius 3 is 2.87 bits per heavy atom. The predicted octanol–water partition coefficient (Wildman–Crippen LogP) is 0.762. The number of hydrogen-bond acceptors (Lipinski definition) is 2. The maximum atomic E-state index is 12.0. The Hall–Kier alpha value is -1.27. The number of nitrogens with two attached hydrogens (primary N) is 1. The van der Waals surface area contributed by atoms with E-state index in [1.54, 1.807) is 4.90 Å². The van der Waals surface area contributed by atoms with Gasteiger partial charge in [0.05, 0.1) is 12.5 Å². The maximum Gasteiger partial charge on any atom is 0.230 e. The van der Waals surface area contributed by atoms with Crippen molar-refractivity contribution in [1.29, 1.82) is 0 Å². The molecule has 0 saturated heterocycles. The van der Waals surface area contributed by atoms with Crippen molar-refractivity contribution in [2.45, 2.75) is 25.8 Å². The van der Waals surface area contributed by atoms with E-state index in [2.05, 4.69) is 5.92 Å². The lowest BCUT2D eigenvalue weighted by molar-refractivity contribution is -0.133. The Bertz CT molecular complexity index is 290. The molecule has 0 aromatic carbocycles. The van der Waals surface area contributed by atoms with Crippen molar-refractivity contribution in [2.75, 3.05) is 13.1 Å². The lowest BCUT2D eigenvalue weighted by Gasteiger charge is -2.22. The van der Waals surface area contributed by atoms with Crippen molar-refractivity contribution < 1.29 is 4.79 Å². The minimum Gasteiger partial charge on any atom is -0.331 e. The standard InChI is InChI=1S/C12H18N2O/c1-3-7-14(8-4-2)12(15)10-5-6-11(13)9-10/h1,5-6,10-11H,4,7-9,13H2,2H3. The van der Waals surface area contributed by atoms with Gasteiger partial charge in [0, 0.05) is 12.6 Å². The van der Waals surface area contributed by atoms with E-state index < -0.39 is 0 Å². The van der Waals surface area contributed by atoms with E-state index in [1.165, 1.54) is 0 Å². The largest absolute Gasteiger partial charge is 0.331 e. The monoisotopic (exact) mass is 206 g/mol. The predicted molar refractivity (Wildman–Crippen MR) is 60.9 cm³/mol. The van der Waals surface area contributed by atoms with Crippen LogP contribution in [0, 0.1) is 18.3 Å². The quantitative estimate of drug-likeness (QED) is 0.545. The van der Waals surface area contributed by atoms with Crippen LogP contribution in [0.25, 0.3) is 0 Å². The van der Waals surface area contributed by atoms with Gasteiger partial charge in [-0.2, -0.15) is 0 Å². The normalized spacial score (nSPS) is 23.8. The Morgan fingerprint density at radius 2 is 2.40 bits per heavy atom. The molecule has 3 nitrogen and oxygen atoms in total. The molecule has 1 amide bonds. The van der Waals surface area contributed by atoms with E-state index in [0.717, 1.165) is 13.0 Å². The molecule has 1 rings (SSSR count). The second-order valence-corrected chi connectivity index (χ2v) is 3.85. The Kier molecular flexibility index (Phi) is 4.38. The fourth-order valence-corrected chi connectivity index (χ4v) is 1.79. The second kappa shape index (κ2) is 5.57. The molecule has 2 atom stereocenters. The summed E-state index contributed by atoms with van der Waals surface area (Å²) in [4.78, 5) is 13.7. The summed E-state index contributed by atoms with van der Waals surface area (Å²) < 4.78 is 0. The zero-order valence-corrected chi connectivity index (χ0v) is 9.15. The van der Waals surface area contributed by atoms with Crippen molar-refractivity contribution in [3.05, 3.63) is 12.2 Å². The van der Waals surface area contributed by atoms with Crippen molar-refractivity contribution in [3.63, 3.8) is 0 Å². The average Bonchev–Trinajstić information content (AvgIpc) is 2.63. The summed E-state index contributed by atoms with van der Waals surface area (Å²) >= 11 is 0. The molecule has 0 aromatic rings. The Morgan fingerprint density at radius 1 is 1.67 bits per heavy atom. The number of hydrogen-bond donors (Lipinski definition) is 1. The highest BCUT2D eigenvalue weighted by Crippen LogP contribution is 2.18. The lowest BCUT2D eigenvalue weighted by atomic mass is 10.1. The number of terminal acetylenes is 1. The third-order valence-corrected chi connectivity index (χ3v) is 2.52. The summed E-state index contributed by atoms with van der Waals surface area (Å²) in [7, 11) is 0. The molecule has 0 aliphatic heterocycles. The molecule has 0 spiro atoms. The molecule has 3 heteroatoms. The molecule has 1 aliphatic rings. The van der Waals surface area contributed by atoms with E-state index in [9.17, 15) is 4.79 Å². The first-order chi connectivity index (χ1) is 7.19. The van der Waals surface area contributed by atoms with Crippen molar-refractivity contribution in [3.8, 4) is 12.3 Å². The van der Waals surface area contributed by atoms with Crippen LogP contribution in [0.4, 0.5) is 0 Å². The zero-order valence-electron chi connectivity index (χ0n) is 9.15. The van der Waals surface area contributed by atoms with Gasteiger partial charge in [-0.1, -0.05) is 25.0 Å². The summed E-state index contributed by atoms with van der Waals surface area (Å²) in [6.07, 6.45) is 10.7. The van der Waals surface area contributed by atoms with Gasteiger partial charge in [0.1, 0.15) is 0 Å². The highest BCUT2D eigenvalue weighted by atomic mass is 16.2. The van der Waals surface area contributed by atoms with Crippen LogP contribution in [0.2, 0.25) is 0 Å². The highest BCUT2D eigenvalue weighted by Gasteiger charge is 2.26. The van der Waals surface area contributed by atoms with Crippen LogP contribution in [-0.4, -0.2) is 29.9 Å². The first kappa shape index (κ1) is 11.8. The van der Waals surface area contributed by atoms with E-state index >= 15 is 0 Å². The molecule has 1 aliphatic carbocycles. The van der Waals surface area contributed by atoms with Crippen LogP contribution < -0.4 is 5.73 Å². The van der Waals surface area contributed by atoms with E-state index in [4.69, 9.17) is 12.2 Å². The molecular formula is C12H18N2O. The summed E-state index contributed by atoms with van der Waals surface area (Å²) in [6, 6.07) is 0.0215. The molecule has 2 N–H and O–H groups in total. The van der Waals surface area contributed by atoms with Gasteiger partial charge in [-0.3, -0.25) is 4.79 Å². The summed E-state index contributed by atoms with van der Waals surface area (Å²) in [5.41, 5.74) is 5.71. The molecule has 0 radical (unpaired) electrons. The topological polar surface area (TPSA) is 46.3 Å². The summed E-state index contributed by atoms with van der Waals surface area (Å²) in [5, 5.41) is 0. The van der Waals surface area contributed by atoms with Crippen molar-refractivity contribution >= 4 is 5.91 Å². The first-order valence-corrected chi connectivity index (χ1v) is 5.35. The van der Waals surface area contributed by atoms with Gasteiger partial charge in [0.25, 0.3) is 0 Å². The fourth-order valence-electron chi connectivity index (χ4n) is 1.79. The molecule has 82 valence electrons. The van der Waals surface area contributed by atoms with Crippen LogP contribution >= 0.6 is 0 Å². The third kappa shape index (κ3) is 3.10. The van der Waals surface area contributed by atoms with Gasteiger partial charge >= 0.3 is 0 Å². The molecule has 0 fully saturated rings. The summed E-state index contributed by atoms with van der Waals surface area (Å²) in [6.45, 7) is 3.15. The molecule has 2 unspecified atom stereocenters. The molecular weight excluding hydrogens is 188 g/mol. The van der Waals surface area contributed by atoms with Crippen molar-refractivity contribution in [2.24, 2.45) is 11.7 Å². The van der Waals surface area contributed by atoms with Gasteiger partial charge < -0.3 is 10.6 Å². The van der Waals surface area contributed by atoms with E-state index in [1.807, 2.05) is 19.1 Å². The minimum absolute atomic E-state index is 0.0215. The number of carbonyl (C=O) groups is 1. The number of nitrogens with zero attached hydrogens (tertiary/aromatic N) is 1. The van der Waals surface area contributed by atoms with Gasteiger partial charge in [-0.15, -0.1) is 6.42 Å². The smallest absolute Gasteiger partial charge is 0.230 e. The van der Waals surface area contributed by atoms with Gasteiger partial charge in [-0.05, 0) is 12.8 Å². The Balaban J connectivity index is 2.56. The van der Waals surface area contributed by atoms with Crippen LogP contribution in [0.1, 0.15) is 19.8 Å². The fraction of sp³-hybridized carbons (Fsp3) is 0.583. The number of rotatable bonds is 4. The zero-order chi connectivity index (χ0) is 11.3. The number of amides is 1. The average molecular weight is 206 g/mol. The van der Waals surface area contributed by atoms with Crippen LogP contribution in [0.5, 0.6) is 0 Å². The lowest BCUT2D eigenvalue weighted by Crippen LogP contribution is -2.36. The van der Waals surface area contributed by atoms with Gasteiger partial charge in [0.2, 0.25) is 5.91 Å². The van der Waals surface area contributed by atoms with Crippen LogP contribution in [0.15, 0.2) is 12.2 Å². The molecule has 0 bridgehead atoms. The first-order valence-electron chi connectivity index (χ1n) is 5.35. The van der Waals surface area contributed by atoms with Gasteiger partial charge in [0.15, 0.2) is 0 Å². The third-order valence-electron chi connectivity index (χ3n) is 2.52. The SMILES string of the molecule is C#CCN(CCC)C(=O)C1C=CC(N)C1. The second-order valence-electron chi connectivity index (χ2n) is 3.85. The summed E-state index contributed by atoms with van der Waals surface area (Å²) in [5.74, 6) is 2.56. The minimum atomic E-state index is -0.0695. The molecule has 0 saturated carbocycles. The highest BCUT2D eigenvalue weighted by molar-refractivity contribution is 5.81. The molecule has 0 aromatic heterocycles. The van der Waals surface area contributed by atoms with Crippen LogP contribution in [0.3, 0.4) is 0 Å². The van der Waals surface area contributed by atoms with Gasteiger partial charge in [-0.25, -0.2) is 0 Å². The van der Waals surface area contributed by atoms with E-state index in [-0.39, 0.29) is 17.9 Å². The Labute approximate surface area is 91.3 Å². The van der Waals surface area contributed by atoms with Crippen LogP contribution in [-0.2, 0) is 4.79 Å². The maximum absolute atomic E-state index is 12.0. The molecule has 0 heterocycles. The number of carbonyl (C=O) groups excluding carboxylic acids is 1. The molecule has 15 heavy (non-hydrogen) atoms.